The van der Waals surface area contributed by atoms with Crippen molar-refractivity contribution in [1.82, 2.24) is 5.32 Å². The van der Waals surface area contributed by atoms with Crippen molar-refractivity contribution in [1.29, 1.82) is 0 Å². The maximum absolute atomic E-state index is 9.50. The highest BCUT2D eigenvalue weighted by Gasteiger charge is 2.24. The molecule has 0 saturated carbocycles. The van der Waals surface area contributed by atoms with E-state index >= 15 is 0 Å². The van der Waals surface area contributed by atoms with Gasteiger partial charge in [0.1, 0.15) is 0 Å². The summed E-state index contributed by atoms with van der Waals surface area (Å²) in [5, 5.41) is 12.7. The van der Waals surface area contributed by atoms with Gasteiger partial charge in [-0.05, 0) is 5.56 Å². The van der Waals surface area contributed by atoms with Crippen molar-refractivity contribution in [3.8, 4) is 0 Å². The summed E-state index contributed by atoms with van der Waals surface area (Å²) in [4.78, 5) is 0. The summed E-state index contributed by atoms with van der Waals surface area (Å²) in [6.07, 6.45) is -0.385. The van der Waals surface area contributed by atoms with Crippen LogP contribution in [-0.4, -0.2) is 43.6 Å². The summed E-state index contributed by atoms with van der Waals surface area (Å²) < 4.78 is 10.7. The van der Waals surface area contributed by atoms with E-state index in [0.717, 1.165) is 6.54 Å². The Bertz CT molecular complexity index is 318. The Balaban J connectivity index is 1.55. The Morgan fingerprint density at radius 2 is 2.12 bits per heavy atom. The van der Waals surface area contributed by atoms with Gasteiger partial charge in [-0.25, -0.2) is 0 Å². The third-order valence-electron chi connectivity index (χ3n) is 2.81. The summed E-state index contributed by atoms with van der Waals surface area (Å²) in [5.41, 5.74) is 1.18. The van der Waals surface area contributed by atoms with E-state index in [2.05, 4.69) is 5.32 Å². The molecular weight excluding hydrogens is 218 g/mol. The first-order chi connectivity index (χ1) is 8.36. The second kappa shape index (κ2) is 6.71. The quantitative estimate of drug-likeness (QED) is 0.710. The van der Waals surface area contributed by atoms with Crippen LogP contribution in [0.1, 0.15) is 5.56 Å². The van der Waals surface area contributed by atoms with Crippen molar-refractivity contribution in [3.05, 3.63) is 35.9 Å². The maximum Gasteiger partial charge on any atom is 0.0948 e. The number of aliphatic hydroxyl groups is 1. The van der Waals surface area contributed by atoms with Crippen LogP contribution >= 0.6 is 0 Å². The fourth-order valence-electron chi connectivity index (χ4n) is 1.82. The first kappa shape index (κ1) is 12.5. The third kappa shape index (κ3) is 4.09. The highest BCUT2D eigenvalue weighted by atomic mass is 16.5. The molecule has 1 fully saturated rings. The number of rotatable bonds is 6. The van der Waals surface area contributed by atoms with Crippen molar-refractivity contribution >= 4 is 0 Å². The molecule has 4 heteroatoms. The molecular formula is C13H19NO3. The van der Waals surface area contributed by atoms with E-state index in [-0.39, 0.29) is 12.1 Å². The molecule has 17 heavy (non-hydrogen) atoms. The third-order valence-corrected chi connectivity index (χ3v) is 2.81. The minimum atomic E-state index is -0.385. The van der Waals surface area contributed by atoms with Crippen molar-refractivity contribution in [2.75, 3.05) is 26.4 Å². The standard InChI is InChI=1S/C13H19NO3/c15-13-10-17-9-12(13)14-6-7-16-8-11-4-2-1-3-5-11/h1-5,12-15H,6-10H2/t12-,13-/m1/s1. The largest absolute Gasteiger partial charge is 0.389 e. The fraction of sp³-hybridized carbons (Fsp3) is 0.538. The Labute approximate surface area is 102 Å². The van der Waals surface area contributed by atoms with E-state index in [9.17, 15) is 5.11 Å². The van der Waals surface area contributed by atoms with Crippen molar-refractivity contribution in [2.24, 2.45) is 0 Å². The molecule has 1 aromatic carbocycles. The number of benzene rings is 1. The van der Waals surface area contributed by atoms with Gasteiger partial charge < -0.3 is 19.9 Å². The Morgan fingerprint density at radius 1 is 1.29 bits per heavy atom. The van der Waals surface area contributed by atoms with Gasteiger partial charge in [-0.15, -0.1) is 0 Å². The Morgan fingerprint density at radius 3 is 2.82 bits per heavy atom. The molecule has 1 saturated heterocycles. The average Bonchev–Trinajstić information content (AvgIpc) is 2.76. The molecule has 1 heterocycles. The summed E-state index contributed by atoms with van der Waals surface area (Å²) >= 11 is 0. The molecule has 2 rings (SSSR count). The highest BCUT2D eigenvalue weighted by Crippen LogP contribution is 2.04. The molecule has 0 amide bonds. The molecule has 0 aliphatic carbocycles. The lowest BCUT2D eigenvalue weighted by molar-refractivity contribution is 0.109. The minimum Gasteiger partial charge on any atom is -0.389 e. The lowest BCUT2D eigenvalue weighted by atomic mass is 10.2. The van der Waals surface area contributed by atoms with Crippen LogP contribution in [0.3, 0.4) is 0 Å². The second-order valence-corrected chi connectivity index (χ2v) is 4.20. The van der Waals surface area contributed by atoms with Crippen LogP contribution in [0.5, 0.6) is 0 Å². The van der Waals surface area contributed by atoms with E-state index in [1.54, 1.807) is 0 Å². The first-order valence-electron chi connectivity index (χ1n) is 5.97. The molecule has 4 nitrogen and oxygen atoms in total. The van der Waals surface area contributed by atoms with Crippen LogP contribution in [0.15, 0.2) is 30.3 Å². The van der Waals surface area contributed by atoms with E-state index in [0.29, 0.717) is 26.4 Å². The van der Waals surface area contributed by atoms with Gasteiger partial charge in [0.05, 0.1) is 38.6 Å². The van der Waals surface area contributed by atoms with Crippen molar-refractivity contribution < 1.29 is 14.6 Å². The topological polar surface area (TPSA) is 50.7 Å². The smallest absolute Gasteiger partial charge is 0.0948 e. The van der Waals surface area contributed by atoms with Gasteiger partial charge in [0.25, 0.3) is 0 Å². The number of aliphatic hydroxyl groups excluding tert-OH is 1. The molecule has 94 valence electrons. The predicted octanol–water partition coefficient (Wildman–Crippen LogP) is 0.552. The minimum absolute atomic E-state index is 0.0512. The van der Waals surface area contributed by atoms with Crippen LogP contribution in [-0.2, 0) is 16.1 Å². The SMILES string of the molecule is O[C@@H]1COC[C@H]1NCCOCc1ccccc1. The molecule has 0 radical (unpaired) electrons. The van der Waals surface area contributed by atoms with Crippen molar-refractivity contribution in [2.45, 2.75) is 18.8 Å². The summed E-state index contributed by atoms with van der Waals surface area (Å²) in [5.74, 6) is 0. The molecule has 2 atom stereocenters. The van der Waals surface area contributed by atoms with E-state index in [1.807, 2.05) is 30.3 Å². The summed E-state index contributed by atoms with van der Waals surface area (Å²) in [7, 11) is 0. The molecule has 0 spiro atoms. The van der Waals surface area contributed by atoms with Gasteiger partial charge in [0.15, 0.2) is 0 Å². The van der Waals surface area contributed by atoms with Crippen LogP contribution in [0.4, 0.5) is 0 Å². The van der Waals surface area contributed by atoms with E-state index < -0.39 is 0 Å². The van der Waals surface area contributed by atoms with Crippen molar-refractivity contribution in [3.63, 3.8) is 0 Å². The monoisotopic (exact) mass is 237 g/mol. The van der Waals surface area contributed by atoms with Gasteiger partial charge in [-0.3, -0.25) is 0 Å². The van der Waals surface area contributed by atoms with Gasteiger partial charge in [0, 0.05) is 6.54 Å². The molecule has 1 aliphatic heterocycles. The average molecular weight is 237 g/mol. The van der Waals surface area contributed by atoms with Crippen LogP contribution in [0.25, 0.3) is 0 Å². The lowest BCUT2D eigenvalue weighted by Crippen LogP contribution is -2.40. The normalized spacial score (nSPS) is 24.1. The van der Waals surface area contributed by atoms with Gasteiger partial charge in [0.2, 0.25) is 0 Å². The zero-order valence-electron chi connectivity index (χ0n) is 9.84. The summed E-state index contributed by atoms with van der Waals surface area (Å²) in [6, 6.07) is 10.1. The lowest BCUT2D eigenvalue weighted by Gasteiger charge is -2.14. The maximum atomic E-state index is 9.50. The van der Waals surface area contributed by atoms with Crippen LogP contribution in [0, 0.1) is 0 Å². The molecule has 0 aromatic heterocycles. The zero-order valence-corrected chi connectivity index (χ0v) is 9.84. The second-order valence-electron chi connectivity index (χ2n) is 4.20. The van der Waals surface area contributed by atoms with E-state index in [1.165, 1.54) is 5.56 Å². The Kier molecular flexibility index (Phi) is 4.94. The fourth-order valence-corrected chi connectivity index (χ4v) is 1.82. The molecule has 2 N–H and O–H groups in total. The van der Waals surface area contributed by atoms with Gasteiger partial charge in [-0.1, -0.05) is 30.3 Å². The number of hydrogen-bond acceptors (Lipinski definition) is 4. The van der Waals surface area contributed by atoms with Crippen LogP contribution in [0.2, 0.25) is 0 Å². The molecule has 1 aliphatic rings. The van der Waals surface area contributed by atoms with Gasteiger partial charge >= 0.3 is 0 Å². The highest BCUT2D eigenvalue weighted by molar-refractivity contribution is 5.13. The molecule has 1 aromatic rings. The van der Waals surface area contributed by atoms with Gasteiger partial charge in [-0.2, -0.15) is 0 Å². The molecule has 0 bridgehead atoms. The zero-order chi connectivity index (χ0) is 11.9. The van der Waals surface area contributed by atoms with E-state index in [4.69, 9.17) is 9.47 Å². The first-order valence-corrected chi connectivity index (χ1v) is 5.97. The number of ether oxygens (including phenoxy) is 2. The number of nitrogens with one attached hydrogen (secondary N) is 1. The predicted molar refractivity (Wildman–Crippen MR) is 64.7 cm³/mol. The van der Waals surface area contributed by atoms with Crippen LogP contribution < -0.4 is 5.32 Å². The molecule has 0 unspecified atom stereocenters. The Hall–Kier alpha value is -0.940. The summed E-state index contributed by atoms with van der Waals surface area (Å²) in [6.45, 7) is 3.02. The number of hydrogen-bond donors (Lipinski definition) is 2.